The third-order valence-corrected chi connectivity index (χ3v) is 0. The Morgan fingerprint density at radius 1 is 0.583 bits per heavy atom. The molecule has 0 saturated heterocycles. The Hall–Kier alpha value is 2.04. The van der Waals surface area contributed by atoms with Crippen molar-refractivity contribution in [2.45, 2.75) is 0 Å². The van der Waals surface area contributed by atoms with Crippen molar-refractivity contribution in [1.82, 2.24) is 0 Å². The normalized spacial score (nSPS) is 2.25. The molecule has 0 spiro atoms. The van der Waals surface area contributed by atoms with E-state index in [4.69, 9.17) is 15.1 Å². The average Bonchev–Trinajstić information content (AvgIpc) is 0.811. The summed E-state index contributed by atoms with van der Waals surface area (Å²) in [5.74, 6) is 0. The van der Waals surface area contributed by atoms with Crippen LogP contribution in [0.15, 0.2) is 0 Å². The summed E-state index contributed by atoms with van der Waals surface area (Å²) < 4.78 is 0. The van der Waals surface area contributed by atoms with Gasteiger partial charge in [-0.1, -0.05) is 0 Å². The molecule has 0 aliphatic rings. The van der Waals surface area contributed by atoms with Crippen molar-refractivity contribution in [3.8, 4) is 0 Å². The first-order valence-electron chi connectivity index (χ1n) is 0.775. The van der Waals surface area contributed by atoms with E-state index in [1.54, 1.807) is 0 Å². The SMILES string of the molecule is O.O.O.O.OB(O)O.[Mg+2].[Mg+2].[Mg+2].[O-2]. The van der Waals surface area contributed by atoms with Crippen LogP contribution in [-0.4, -0.2) is 113 Å². The predicted octanol–water partition coefficient (Wildman–Crippen LogP) is -6.61. The van der Waals surface area contributed by atoms with Gasteiger partial charge in [0.1, 0.15) is 0 Å². The molecule has 0 bridgehead atoms. The molecule has 0 amide bonds. The van der Waals surface area contributed by atoms with Crippen molar-refractivity contribution in [3.05, 3.63) is 0 Å². The molecule has 8 nitrogen and oxygen atoms in total. The molecule has 11 N–H and O–H groups in total. The Balaban J connectivity index is -0.00000000161. The Morgan fingerprint density at radius 2 is 0.583 bits per heavy atom. The Bertz CT molecular complexity index is 19.0. The quantitative estimate of drug-likeness (QED) is 0.341. The fourth-order valence-electron chi connectivity index (χ4n) is 0. The van der Waals surface area contributed by atoms with Gasteiger partial charge >= 0.3 is 76.5 Å². The van der Waals surface area contributed by atoms with E-state index in [-0.39, 0.29) is 96.5 Å². The number of hydrogen-bond acceptors (Lipinski definition) is 3. The largest absolute Gasteiger partial charge is 2.00 e. The van der Waals surface area contributed by atoms with Gasteiger partial charge in [-0.15, -0.1) is 0 Å². The standard InChI is InChI=1S/BH3O3.3Mg.4H2O.O/c2-1(3)4;;;;;;;;/h2-4H;;;;4*1H2;/q;3*+2;;;;;-2. The summed E-state index contributed by atoms with van der Waals surface area (Å²) in [6.07, 6.45) is 0. The minimum Gasteiger partial charge on any atom is -2.00 e. The molecular weight excluding hydrogens is 212 g/mol. The maximum atomic E-state index is 7.17. The van der Waals surface area contributed by atoms with Gasteiger partial charge in [-0.3, -0.25) is 0 Å². The first kappa shape index (κ1) is 93.9. The molecule has 0 saturated carbocycles. The summed E-state index contributed by atoms with van der Waals surface area (Å²) in [6.45, 7) is 0. The van der Waals surface area contributed by atoms with E-state index in [2.05, 4.69) is 0 Å². The summed E-state index contributed by atoms with van der Waals surface area (Å²) in [4.78, 5) is 0. The topological polar surface area (TPSA) is 215 Å². The zero-order chi connectivity index (χ0) is 3.58. The van der Waals surface area contributed by atoms with Crippen molar-refractivity contribution in [2.75, 3.05) is 0 Å². The molecule has 0 aromatic carbocycles. The van der Waals surface area contributed by atoms with Crippen LogP contribution >= 0.6 is 0 Å². The smallest absolute Gasteiger partial charge is 2.00 e. The van der Waals surface area contributed by atoms with Crippen LogP contribution in [0.2, 0.25) is 0 Å². The van der Waals surface area contributed by atoms with Gasteiger partial charge in [-0.2, -0.15) is 0 Å². The number of rotatable bonds is 0. The van der Waals surface area contributed by atoms with Crippen molar-refractivity contribution in [1.29, 1.82) is 0 Å². The van der Waals surface area contributed by atoms with Gasteiger partial charge < -0.3 is 42.5 Å². The first-order chi connectivity index (χ1) is 1.73. The molecule has 0 heterocycles. The Kier molecular flexibility index (Phi) is 582. The van der Waals surface area contributed by atoms with E-state index >= 15 is 0 Å². The summed E-state index contributed by atoms with van der Waals surface area (Å²) in [7, 11) is -2.17. The third kappa shape index (κ3) is 352. The van der Waals surface area contributed by atoms with E-state index < -0.39 is 7.32 Å². The van der Waals surface area contributed by atoms with E-state index in [1.165, 1.54) is 0 Å². The monoisotopic (exact) mass is 222 g/mol. The minimum absolute atomic E-state index is 0. The molecule has 0 aliphatic carbocycles. The molecular formula is H11BMg3O8+4. The van der Waals surface area contributed by atoms with E-state index in [9.17, 15) is 0 Å². The van der Waals surface area contributed by atoms with E-state index in [1.807, 2.05) is 0 Å². The van der Waals surface area contributed by atoms with Crippen molar-refractivity contribution >= 4 is 76.5 Å². The molecule has 0 aromatic rings. The predicted molar refractivity (Wildman–Crippen MR) is 44.8 cm³/mol. The van der Waals surface area contributed by atoms with Crippen LogP contribution in [0.4, 0.5) is 0 Å². The summed E-state index contributed by atoms with van der Waals surface area (Å²) in [5, 5.41) is 21.5. The van der Waals surface area contributed by atoms with Gasteiger partial charge in [-0.05, 0) is 0 Å². The summed E-state index contributed by atoms with van der Waals surface area (Å²) in [6, 6.07) is 0. The molecule has 12 heteroatoms. The summed E-state index contributed by atoms with van der Waals surface area (Å²) in [5.41, 5.74) is 0. The number of hydrogen-bond donors (Lipinski definition) is 3. The van der Waals surface area contributed by atoms with Crippen LogP contribution in [-0.2, 0) is 5.48 Å². The second-order valence-electron chi connectivity index (χ2n) is 0.346. The van der Waals surface area contributed by atoms with Crippen LogP contribution in [0.3, 0.4) is 0 Å². The molecule has 0 aromatic heterocycles. The molecule has 0 rings (SSSR count). The van der Waals surface area contributed by atoms with Gasteiger partial charge in [0.05, 0.1) is 0 Å². The van der Waals surface area contributed by atoms with Crippen LogP contribution in [0, 0.1) is 0 Å². The molecule has 0 unspecified atom stereocenters. The van der Waals surface area contributed by atoms with Crippen LogP contribution in [0.1, 0.15) is 0 Å². The summed E-state index contributed by atoms with van der Waals surface area (Å²) >= 11 is 0. The average molecular weight is 223 g/mol. The van der Waals surface area contributed by atoms with Crippen LogP contribution < -0.4 is 0 Å². The van der Waals surface area contributed by atoms with Crippen molar-refractivity contribution in [3.63, 3.8) is 0 Å². The molecule has 0 fully saturated rings. The molecule has 0 atom stereocenters. The van der Waals surface area contributed by atoms with E-state index in [0.717, 1.165) is 0 Å². The minimum atomic E-state index is -2.17. The molecule has 64 valence electrons. The first-order valence-corrected chi connectivity index (χ1v) is 0.775. The molecule has 0 radical (unpaired) electrons. The third-order valence-electron chi connectivity index (χ3n) is 0. The fraction of sp³-hybridized carbons (Fsp3) is 0. The Labute approximate surface area is 118 Å². The molecule has 0 aliphatic heterocycles. The second kappa shape index (κ2) is 74.4. The van der Waals surface area contributed by atoms with Gasteiger partial charge in [0.15, 0.2) is 0 Å². The Morgan fingerprint density at radius 3 is 0.583 bits per heavy atom. The zero-order valence-electron chi connectivity index (χ0n) is 6.45. The van der Waals surface area contributed by atoms with Crippen molar-refractivity contribution in [2.24, 2.45) is 0 Å². The van der Waals surface area contributed by atoms with Gasteiger partial charge in [0.2, 0.25) is 0 Å². The maximum absolute atomic E-state index is 7.17. The maximum Gasteiger partial charge on any atom is 2.00 e. The van der Waals surface area contributed by atoms with Crippen LogP contribution in [0.25, 0.3) is 0 Å². The van der Waals surface area contributed by atoms with Gasteiger partial charge in [0.25, 0.3) is 0 Å². The van der Waals surface area contributed by atoms with Crippen LogP contribution in [0.5, 0.6) is 0 Å². The van der Waals surface area contributed by atoms with Gasteiger partial charge in [-0.25, -0.2) is 0 Å². The van der Waals surface area contributed by atoms with Crippen molar-refractivity contribution < 1.29 is 42.5 Å². The van der Waals surface area contributed by atoms with E-state index in [0.29, 0.717) is 0 Å². The zero-order valence-corrected chi connectivity index (χ0v) is 10.7. The fourth-order valence-corrected chi connectivity index (χ4v) is 0. The van der Waals surface area contributed by atoms with Gasteiger partial charge in [0, 0.05) is 0 Å². The molecule has 12 heavy (non-hydrogen) atoms. The second-order valence-corrected chi connectivity index (χ2v) is 0.346.